The first-order chi connectivity index (χ1) is 24.2. The number of benzene rings is 2. The van der Waals surface area contributed by atoms with E-state index >= 15 is 4.39 Å². The topological polar surface area (TPSA) is 93.6 Å². The summed E-state index contributed by atoms with van der Waals surface area (Å²) in [6.07, 6.45) is -1.50. The molecule has 4 aliphatic heterocycles. The molecular formula is C38H48F4N4O5. The molecule has 4 saturated heterocycles. The first kappa shape index (κ1) is 36.9. The van der Waals surface area contributed by atoms with Crippen molar-refractivity contribution in [1.82, 2.24) is 14.7 Å². The van der Waals surface area contributed by atoms with Crippen LogP contribution in [-0.4, -0.2) is 109 Å². The number of anilines is 1. The molecule has 0 bridgehead atoms. The van der Waals surface area contributed by atoms with Crippen LogP contribution in [0.5, 0.6) is 5.75 Å². The van der Waals surface area contributed by atoms with Crippen LogP contribution in [0.15, 0.2) is 42.5 Å². The SMILES string of the molecule is CC[C@H]1CN(C(=O)[C@]2(F)CN(CC(=O)N3CCC[C@H]3C)C[C@H]2c2ccc(OC)cc2)C[C@@H]1c1ccc(C(F)(F)F)cc1N1CCC(C(=O)O)CC1. The summed E-state index contributed by atoms with van der Waals surface area (Å²) in [7, 11) is 1.54. The highest BCUT2D eigenvalue weighted by Crippen LogP contribution is 2.46. The second-order valence-electron chi connectivity index (χ2n) is 14.8. The van der Waals surface area contributed by atoms with E-state index in [-0.39, 0.29) is 56.5 Å². The molecule has 4 aliphatic rings. The van der Waals surface area contributed by atoms with Crippen molar-refractivity contribution in [2.45, 2.75) is 75.7 Å². The number of carboxylic acid groups (broad SMARTS) is 1. The minimum absolute atomic E-state index is 0.00361. The number of carbonyl (C=O) groups excluding carboxylic acids is 2. The van der Waals surface area contributed by atoms with Crippen LogP contribution in [0.25, 0.3) is 0 Å². The number of carboxylic acids is 1. The predicted molar refractivity (Wildman–Crippen MR) is 184 cm³/mol. The zero-order valence-electron chi connectivity index (χ0n) is 29.5. The number of hydrogen-bond acceptors (Lipinski definition) is 6. The fraction of sp³-hybridized carbons (Fsp3) is 0.605. The second-order valence-corrected chi connectivity index (χ2v) is 14.8. The van der Waals surface area contributed by atoms with Gasteiger partial charge in [-0.15, -0.1) is 0 Å². The Morgan fingerprint density at radius 3 is 2.27 bits per heavy atom. The predicted octanol–water partition coefficient (Wildman–Crippen LogP) is 5.79. The number of methoxy groups -OCH3 is 1. The van der Waals surface area contributed by atoms with Gasteiger partial charge in [0.15, 0.2) is 0 Å². The lowest BCUT2D eigenvalue weighted by molar-refractivity contribution is -0.144. The number of alkyl halides is 4. The standard InChI is InChI=1S/C38H48F4N4O5/c1-4-25-19-45(20-31(25)30-12-9-28(38(40,41)42)18-33(30)44-16-13-27(14-17-44)35(48)49)36(50)37(39)23-43(22-34(47)46-15-5-6-24(46)2)21-32(37)26-7-10-29(51-3)11-8-26/h7-12,18,24-25,27,31-32H,4-6,13-17,19-23H2,1-3H3,(H,48,49)/t24-,25+,31+,32+,37+/m1/s1. The van der Waals surface area contributed by atoms with Gasteiger partial charge in [-0.3, -0.25) is 19.3 Å². The first-order valence-corrected chi connectivity index (χ1v) is 18.1. The third kappa shape index (κ3) is 7.41. The second kappa shape index (κ2) is 14.6. The molecule has 2 amide bonds. The van der Waals surface area contributed by atoms with Crippen molar-refractivity contribution in [2.75, 3.05) is 64.4 Å². The molecule has 5 atom stereocenters. The number of amides is 2. The molecule has 1 N–H and O–H groups in total. The maximum Gasteiger partial charge on any atom is 0.416 e. The molecule has 9 nitrogen and oxygen atoms in total. The number of carbonyl (C=O) groups is 3. The summed E-state index contributed by atoms with van der Waals surface area (Å²) in [5.74, 6) is -2.98. The smallest absolute Gasteiger partial charge is 0.416 e. The van der Waals surface area contributed by atoms with Gasteiger partial charge < -0.3 is 24.5 Å². The molecule has 0 saturated carbocycles. The fourth-order valence-corrected chi connectivity index (χ4v) is 8.77. The lowest BCUT2D eigenvalue weighted by Gasteiger charge is -2.35. The number of likely N-dealkylation sites (tertiary alicyclic amines) is 3. The van der Waals surface area contributed by atoms with Crippen LogP contribution in [0, 0.1) is 11.8 Å². The Morgan fingerprint density at radius 1 is 0.980 bits per heavy atom. The minimum Gasteiger partial charge on any atom is -0.497 e. The summed E-state index contributed by atoms with van der Waals surface area (Å²) in [5.41, 5.74) is -1.49. The number of halogens is 4. The Labute approximate surface area is 296 Å². The van der Waals surface area contributed by atoms with Gasteiger partial charge >= 0.3 is 12.1 Å². The lowest BCUT2D eigenvalue weighted by Crippen LogP contribution is -2.50. The van der Waals surface area contributed by atoms with Gasteiger partial charge in [-0.1, -0.05) is 31.5 Å². The summed E-state index contributed by atoms with van der Waals surface area (Å²) in [4.78, 5) is 46.3. The molecule has 4 fully saturated rings. The van der Waals surface area contributed by atoms with Crippen molar-refractivity contribution in [3.63, 3.8) is 0 Å². The number of rotatable bonds is 9. The van der Waals surface area contributed by atoms with Crippen LogP contribution in [0.4, 0.5) is 23.2 Å². The number of aliphatic carboxylic acids is 1. The van der Waals surface area contributed by atoms with Crippen LogP contribution in [0.1, 0.15) is 74.5 Å². The van der Waals surface area contributed by atoms with Gasteiger partial charge in [0.2, 0.25) is 11.6 Å². The zero-order chi connectivity index (χ0) is 36.7. The van der Waals surface area contributed by atoms with Gasteiger partial charge in [0.25, 0.3) is 5.91 Å². The molecule has 0 radical (unpaired) electrons. The summed E-state index contributed by atoms with van der Waals surface area (Å²) in [6.45, 7) is 5.51. The molecule has 0 unspecified atom stereocenters. The highest BCUT2D eigenvalue weighted by atomic mass is 19.4. The highest BCUT2D eigenvalue weighted by molar-refractivity contribution is 5.88. The van der Waals surface area contributed by atoms with Crippen molar-refractivity contribution in [2.24, 2.45) is 11.8 Å². The lowest BCUT2D eigenvalue weighted by atomic mass is 9.84. The van der Waals surface area contributed by atoms with Crippen molar-refractivity contribution >= 4 is 23.5 Å². The van der Waals surface area contributed by atoms with E-state index in [1.54, 1.807) is 29.2 Å². The summed E-state index contributed by atoms with van der Waals surface area (Å²) in [5, 5.41) is 9.50. The minimum atomic E-state index is -4.58. The van der Waals surface area contributed by atoms with Crippen LogP contribution >= 0.6 is 0 Å². The van der Waals surface area contributed by atoms with Gasteiger partial charge in [-0.2, -0.15) is 13.2 Å². The van der Waals surface area contributed by atoms with Gasteiger partial charge in [0.1, 0.15) is 5.75 Å². The molecule has 2 aromatic rings. The van der Waals surface area contributed by atoms with Crippen molar-refractivity contribution in [3.8, 4) is 5.75 Å². The van der Waals surface area contributed by atoms with E-state index in [0.717, 1.165) is 25.0 Å². The fourth-order valence-electron chi connectivity index (χ4n) is 8.77. The molecule has 13 heteroatoms. The molecule has 4 heterocycles. The zero-order valence-corrected chi connectivity index (χ0v) is 29.5. The molecule has 6 rings (SSSR count). The number of piperidine rings is 1. The van der Waals surface area contributed by atoms with Gasteiger partial charge in [-0.25, -0.2) is 4.39 Å². The maximum atomic E-state index is 17.7. The molecule has 0 aliphatic carbocycles. The van der Waals surface area contributed by atoms with E-state index < -0.39 is 41.1 Å². The summed E-state index contributed by atoms with van der Waals surface area (Å²) >= 11 is 0. The van der Waals surface area contributed by atoms with E-state index in [1.165, 1.54) is 18.1 Å². The van der Waals surface area contributed by atoms with Crippen molar-refractivity contribution in [3.05, 3.63) is 59.2 Å². The monoisotopic (exact) mass is 716 g/mol. The molecule has 2 aromatic carbocycles. The Hall–Kier alpha value is -3.87. The van der Waals surface area contributed by atoms with Crippen molar-refractivity contribution < 1.29 is 41.8 Å². The third-order valence-electron chi connectivity index (χ3n) is 11.7. The number of ether oxygens (including phenoxy) is 1. The van der Waals surface area contributed by atoms with Crippen LogP contribution in [0.3, 0.4) is 0 Å². The third-order valence-corrected chi connectivity index (χ3v) is 11.7. The molecule has 0 spiro atoms. The summed E-state index contributed by atoms with van der Waals surface area (Å²) < 4.78 is 64.8. The number of nitrogens with zero attached hydrogens (tertiary/aromatic N) is 4. The Morgan fingerprint density at radius 2 is 1.69 bits per heavy atom. The van der Waals surface area contributed by atoms with E-state index in [2.05, 4.69) is 0 Å². The molecule has 278 valence electrons. The van der Waals surface area contributed by atoms with Crippen LogP contribution in [-0.2, 0) is 20.6 Å². The normalized spacial score (nSPS) is 27.7. The van der Waals surface area contributed by atoms with Gasteiger partial charge in [0.05, 0.1) is 25.1 Å². The maximum absolute atomic E-state index is 17.7. The largest absolute Gasteiger partial charge is 0.497 e. The number of hydrogen-bond donors (Lipinski definition) is 1. The van der Waals surface area contributed by atoms with Crippen LogP contribution < -0.4 is 9.64 Å². The Kier molecular flexibility index (Phi) is 10.6. The molecule has 0 aromatic heterocycles. The van der Waals surface area contributed by atoms with Crippen LogP contribution in [0.2, 0.25) is 0 Å². The Bertz CT molecular complexity index is 1600. The quantitative estimate of drug-likeness (QED) is 0.329. The Balaban J connectivity index is 1.28. The summed E-state index contributed by atoms with van der Waals surface area (Å²) in [6, 6.07) is 10.7. The first-order valence-electron chi connectivity index (χ1n) is 18.1. The van der Waals surface area contributed by atoms with Gasteiger partial charge in [0, 0.05) is 69.4 Å². The average Bonchev–Trinajstić information content (AvgIpc) is 3.84. The molecular weight excluding hydrogens is 668 g/mol. The molecule has 51 heavy (non-hydrogen) atoms. The van der Waals surface area contributed by atoms with Gasteiger partial charge in [-0.05, 0) is 73.9 Å². The van der Waals surface area contributed by atoms with E-state index in [1.807, 2.05) is 23.6 Å². The highest BCUT2D eigenvalue weighted by Gasteiger charge is 2.57. The van der Waals surface area contributed by atoms with Crippen molar-refractivity contribution in [1.29, 1.82) is 0 Å². The van der Waals surface area contributed by atoms with E-state index in [0.29, 0.717) is 61.5 Å². The van der Waals surface area contributed by atoms with E-state index in [4.69, 9.17) is 4.74 Å². The average molecular weight is 717 g/mol. The van der Waals surface area contributed by atoms with E-state index in [9.17, 15) is 32.7 Å².